The van der Waals surface area contributed by atoms with Gasteiger partial charge in [-0.3, -0.25) is 0 Å². The Morgan fingerprint density at radius 3 is 2.13 bits per heavy atom. The van der Waals surface area contributed by atoms with Crippen LogP contribution in [0.25, 0.3) is 0 Å². The van der Waals surface area contributed by atoms with E-state index in [0.717, 1.165) is 5.56 Å². The van der Waals surface area contributed by atoms with Gasteiger partial charge in [-0.25, -0.2) is 19.6 Å². The second-order valence-electron chi connectivity index (χ2n) is 6.16. The summed E-state index contributed by atoms with van der Waals surface area (Å²) in [5.41, 5.74) is 0.259. The van der Waals surface area contributed by atoms with Crippen LogP contribution in [0.2, 0.25) is 0 Å². The third-order valence-corrected chi connectivity index (χ3v) is 3.03. The zero-order chi connectivity index (χ0) is 16.9. The van der Waals surface area contributed by atoms with Crippen LogP contribution in [-0.2, 0) is 16.1 Å². The molecule has 0 saturated carbocycles. The molecule has 1 heterocycles. The van der Waals surface area contributed by atoms with Gasteiger partial charge in [0.2, 0.25) is 0 Å². The number of ether oxygens (including phenoxy) is 2. The van der Waals surface area contributed by atoms with Crippen LogP contribution in [0, 0.1) is 0 Å². The summed E-state index contributed by atoms with van der Waals surface area (Å²) in [5.74, 6) is 0. The smallest absolute Gasteiger partial charge is 0.429 e. The van der Waals surface area contributed by atoms with Gasteiger partial charge in [0, 0.05) is 0 Å². The van der Waals surface area contributed by atoms with Crippen molar-refractivity contribution in [2.24, 2.45) is 0 Å². The van der Waals surface area contributed by atoms with Crippen molar-refractivity contribution in [3.8, 4) is 0 Å². The summed E-state index contributed by atoms with van der Waals surface area (Å²) in [6.07, 6.45) is 2.47. The van der Waals surface area contributed by atoms with Crippen molar-refractivity contribution in [3.63, 3.8) is 0 Å². The van der Waals surface area contributed by atoms with Crippen molar-refractivity contribution in [3.05, 3.63) is 48.0 Å². The Bertz CT molecular complexity index is 578. The van der Waals surface area contributed by atoms with Gasteiger partial charge >= 0.3 is 12.2 Å². The van der Waals surface area contributed by atoms with Gasteiger partial charge in [-0.1, -0.05) is 42.5 Å². The number of hydrazine groups is 1. The van der Waals surface area contributed by atoms with Gasteiger partial charge in [0.25, 0.3) is 0 Å². The molecule has 0 fully saturated rings. The maximum atomic E-state index is 12.3. The number of nitrogens with zero attached hydrogens (tertiary/aromatic N) is 2. The van der Waals surface area contributed by atoms with Crippen LogP contribution in [0.15, 0.2) is 42.5 Å². The fraction of sp³-hybridized carbons (Fsp3) is 0.412. The van der Waals surface area contributed by atoms with Crippen LogP contribution in [0.3, 0.4) is 0 Å². The Morgan fingerprint density at radius 1 is 1.00 bits per heavy atom. The first-order chi connectivity index (χ1) is 10.9. The van der Waals surface area contributed by atoms with E-state index < -0.39 is 17.8 Å². The predicted octanol–water partition coefficient (Wildman–Crippen LogP) is 3.35. The molecule has 0 aliphatic carbocycles. The van der Waals surface area contributed by atoms with Gasteiger partial charge in [0.15, 0.2) is 0 Å². The monoisotopic (exact) mass is 318 g/mol. The minimum Gasteiger partial charge on any atom is -0.443 e. The number of carbonyl (C=O) groups is 2. The normalized spacial score (nSPS) is 14.6. The quantitative estimate of drug-likeness (QED) is 0.785. The zero-order valence-corrected chi connectivity index (χ0v) is 13.7. The van der Waals surface area contributed by atoms with Crippen LogP contribution in [0.1, 0.15) is 26.3 Å². The van der Waals surface area contributed by atoms with E-state index in [9.17, 15) is 9.59 Å². The topological polar surface area (TPSA) is 59.1 Å². The van der Waals surface area contributed by atoms with Gasteiger partial charge < -0.3 is 9.47 Å². The summed E-state index contributed by atoms with van der Waals surface area (Å²) >= 11 is 0. The van der Waals surface area contributed by atoms with E-state index in [0.29, 0.717) is 0 Å². The summed E-state index contributed by atoms with van der Waals surface area (Å²) in [4.78, 5) is 24.5. The lowest BCUT2D eigenvalue weighted by Crippen LogP contribution is -2.53. The van der Waals surface area contributed by atoms with E-state index in [1.54, 1.807) is 20.8 Å². The van der Waals surface area contributed by atoms with Crippen LogP contribution in [0.4, 0.5) is 9.59 Å². The third kappa shape index (κ3) is 5.02. The molecule has 0 spiro atoms. The minimum atomic E-state index is -0.627. The lowest BCUT2D eigenvalue weighted by atomic mass is 10.2. The molecule has 0 atom stereocenters. The van der Waals surface area contributed by atoms with Gasteiger partial charge in [0.05, 0.1) is 13.1 Å². The van der Waals surface area contributed by atoms with E-state index in [1.165, 1.54) is 10.0 Å². The van der Waals surface area contributed by atoms with Crippen LogP contribution in [0.5, 0.6) is 0 Å². The molecule has 2 rings (SSSR count). The summed E-state index contributed by atoms with van der Waals surface area (Å²) in [5, 5.41) is 2.50. The molecular formula is C17H22N2O4. The first-order valence-corrected chi connectivity index (χ1v) is 7.50. The molecule has 0 N–H and O–H groups in total. The molecular weight excluding hydrogens is 296 g/mol. The van der Waals surface area contributed by atoms with E-state index in [2.05, 4.69) is 0 Å². The van der Waals surface area contributed by atoms with Crippen molar-refractivity contribution in [2.45, 2.75) is 33.0 Å². The van der Waals surface area contributed by atoms with Crippen molar-refractivity contribution in [1.29, 1.82) is 0 Å². The Kier molecular flexibility index (Phi) is 5.26. The van der Waals surface area contributed by atoms with E-state index in [-0.39, 0.29) is 19.7 Å². The summed E-state index contributed by atoms with van der Waals surface area (Å²) < 4.78 is 10.6. The van der Waals surface area contributed by atoms with Crippen LogP contribution >= 0.6 is 0 Å². The number of hydrogen-bond acceptors (Lipinski definition) is 4. The highest BCUT2D eigenvalue weighted by molar-refractivity contribution is 5.75. The molecule has 1 aromatic carbocycles. The Morgan fingerprint density at radius 2 is 1.57 bits per heavy atom. The van der Waals surface area contributed by atoms with Gasteiger partial charge in [-0.15, -0.1) is 0 Å². The third-order valence-electron chi connectivity index (χ3n) is 3.03. The highest BCUT2D eigenvalue weighted by Crippen LogP contribution is 2.15. The number of hydrogen-bond donors (Lipinski definition) is 0. The number of rotatable bonds is 2. The summed E-state index contributed by atoms with van der Waals surface area (Å²) in [6.45, 7) is 6.04. The standard InChI is InChI=1S/C17H22N2O4/c1-17(2,3)23-16(21)19-12-8-7-11-18(19)15(20)22-13-14-9-5-4-6-10-14/h4-10H,11-13H2,1-3H3. The molecule has 124 valence electrons. The number of amides is 2. The fourth-order valence-electron chi connectivity index (χ4n) is 2.00. The Labute approximate surface area is 136 Å². The lowest BCUT2D eigenvalue weighted by molar-refractivity contribution is -0.0417. The van der Waals surface area contributed by atoms with Gasteiger partial charge in [-0.2, -0.15) is 0 Å². The van der Waals surface area contributed by atoms with Gasteiger partial charge in [0.1, 0.15) is 12.2 Å². The first kappa shape index (κ1) is 16.9. The molecule has 0 radical (unpaired) electrons. The SMILES string of the molecule is CC(C)(C)OC(=O)N1CC=CCN1C(=O)OCc1ccccc1. The van der Waals surface area contributed by atoms with Crippen molar-refractivity contribution >= 4 is 12.2 Å². The molecule has 0 saturated heterocycles. The molecule has 1 aromatic rings. The Balaban J connectivity index is 1.99. The maximum absolute atomic E-state index is 12.3. The summed E-state index contributed by atoms with van der Waals surface area (Å²) in [6, 6.07) is 9.38. The molecule has 23 heavy (non-hydrogen) atoms. The minimum absolute atomic E-state index is 0.155. The summed E-state index contributed by atoms with van der Waals surface area (Å²) in [7, 11) is 0. The zero-order valence-electron chi connectivity index (χ0n) is 13.7. The molecule has 0 bridgehead atoms. The van der Waals surface area contributed by atoms with Crippen molar-refractivity contribution in [2.75, 3.05) is 13.1 Å². The lowest BCUT2D eigenvalue weighted by Gasteiger charge is -2.35. The molecule has 0 unspecified atom stereocenters. The van der Waals surface area contributed by atoms with E-state index in [4.69, 9.17) is 9.47 Å². The highest BCUT2D eigenvalue weighted by atomic mass is 16.6. The molecule has 1 aliphatic heterocycles. The van der Waals surface area contributed by atoms with Crippen molar-refractivity contribution in [1.82, 2.24) is 10.0 Å². The molecule has 0 aromatic heterocycles. The average molecular weight is 318 g/mol. The van der Waals surface area contributed by atoms with Crippen LogP contribution in [-0.4, -0.2) is 40.9 Å². The second-order valence-corrected chi connectivity index (χ2v) is 6.16. The van der Waals surface area contributed by atoms with E-state index >= 15 is 0 Å². The number of benzene rings is 1. The first-order valence-electron chi connectivity index (χ1n) is 7.50. The molecule has 6 nitrogen and oxygen atoms in total. The van der Waals surface area contributed by atoms with Crippen LogP contribution < -0.4 is 0 Å². The molecule has 1 aliphatic rings. The maximum Gasteiger partial charge on any atom is 0.429 e. The molecule has 2 amide bonds. The predicted molar refractivity (Wildman–Crippen MR) is 85.4 cm³/mol. The molecule has 6 heteroatoms. The fourth-order valence-corrected chi connectivity index (χ4v) is 2.00. The van der Waals surface area contributed by atoms with Gasteiger partial charge in [-0.05, 0) is 26.3 Å². The Hall–Kier alpha value is -2.50. The largest absolute Gasteiger partial charge is 0.443 e. The second kappa shape index (κ2) is 7.17. The van der Waals surface area contributed by atoms with Crippen molar-refractivity contribution < 1.29 is 19.1 Å². The average Bonchev–Trinajstić information content (AvgIpc) is 2.52. The van der Waals surface area contributed by atoms with E-state index in [1.807, 2.05) is 42.5 Å². The number of carbonyl (C=O) groups excluding carboxylic acids is 2. The highest BCUT2D eigenvalue weighted by Gasteiger charge is 2.31.